The number of benzene rings is 3. The predicted molar refractivity (Wildman–Crippen MR) is 134 cm³/mol. The lowest BCUT2D eigenvalue weighted by Crippen LogP contribution is -3.00. The average Bonchev–Trinajstić information content (AvgIpc) is 2.76. The Hall–Kier alpha value is -1.62. The van der Waals surface area contributed by atoms with E-state index < -0.39 is 12.7 Å². The molecule has 5 heteroatoms. The molecule has 0 atom stereocenters. The van der Waals surface area contributed by atoms with Gasteiger partial charge in [-0.3, -0.25) is 10.1 Å². The molecule has 0 fully saturated rings. The van der Waals surface area contributed by atoms with Gasteiger partial charge in [0.25, 0.3) is 0 Å². The van der Waals surface area contributed by atoms with Gasteiger partial charge in [0.2, 0.25) is 5.91 Å². The fraction of sp³-hybridized carbons (Fsp3) is 0.192. The summed E-state index contributed by atoms with van der Waals surface area (Å²) < 4.78 is 0. The van der Waals surface area contributed by atoms with E-state index in [1.807, 2.05) is 45.2 Å². The molecule has 3 rings (SSSR count). The zero-order valence-corrected chi connectivity index (χ0v) is 22.2. The van der Waals surface area contributed by atoms with Crippen molar-refractivity contribution < 1.29 is 28.8 Å². The number of carbonyl (C=O) groups excluding carboxylic acids is 1. The molecule has 0 aliphatic heterocycles. The third kappa shape index (κ3) is 5.60. The summed E-state index contributed by atoms with van der Waals surface area (Å²) in [6, 6.07) is 31.7. The number of hydrogen-bond donors (Lipinski definition) is 1. The molecule has 3 aromatic rings. The maximum atomic E-state index is 13.1. The molecule has 0 heterocycles. The van der Waals surface area contributed by atoms with E-state index in [0.29, 0.717) is 0 Å². The Labute approximate surface area is 208 Å². The van der Waals surface area contributed by atoms with Gasteiger partial charge in [-0.25, -0.2) is 0 Å². The normalized spacial score (nSPS) is 12.1. The summed E-state index contributed by atoms with van der Waals surface area (Å²) in [5.74, 6) is 0.0231. The first-order valence-electron chi connectivity index (χ1n) is 10.0. The van der Waals surface area contributed by atoms with Gasteiger partial charge in [0, 0.05) is 10.8 Å². The Morgan fingerprint density at radius 1 is 0.774 bits per heavy atom. The topological polar surface area (TPSA) is 29.1 Å². The van der Waals surface area contributed by atoms with Crippen LogP contribution in [0.2, 0.25) is 0 Å². The summed E-state index contributed by atoms with van der Waals surface area (Å²) in [5.41, 5.74) is 0.482. The molecule has 31 heavy (non-hydrogen) atoms. The third-order valence-corrected chi connectivity index (χ3v) is 9.77. The van der Waals surface area contributed by atoms with E-state index >= 15 is 0 Å². The van der Waals surface area contributed by atoms with E-state index in [4.69, 9.17) is 0 Å². The molecule has 0 aliphatic rings. The Balaban J connectivity index is 0.00000341. The van der Waals surface area contributed by atoms with Crippen LogP contribution < -0.4 is 45.2 Å². The highest BCUT2D eigenvalue weighted by Gasteiger charge is 2.51. The molecular formula is C26H29INOPS. The Bertz CT molecular complexity index is 905. The van der Waals surface area contributed by atoms with Crippen LogP contribution in [0.5, 0.6) is 0 Å². The Kier molecular flexibility index (Phi) is 9.35. The van der Waals surface area contributed by atoms with Gasteiger partial charge in [-0.15, -0.1) is 11.8 Å². The minimum absolute atomic E-state index is 0. The largest absolute Gasteiger partial charge is 1.00 e. The highest BCUT2D eigenvalue weighted by atomic mass is 127. The van der Waals surface area contributed by atoms with Gasteiger partial charge in [-0.05, 0) is 42.7 Å². The van der Waals surface area contributed by atoms with Gasteiger partial charge >= 0.3 is 0 Å². The van der Waals surface area contributed by atoms with Crippen LogP contribution in [0.4, 0.5) is 0 Å². The number of amides is 1. The summed E-state index contributed by atoms with van der Waals surface area (Å²) in [6.07, 6.45) is 2.04. The van der Waals surface area contributed by atoms with Crippen molar-refractivity contribution in [1.82, 2.24) is 5.32 Å². The van der Waals surface area contributed by atoms with E-state index in [1.54, 1.807) is 11.8 Å². The van der Waals surface area contributed by atoms with Gasteiger partial charge in [0.1, 0.15) is 15.9 Å². The van der Waals surface area contributed by atoms with Crippen LogP contribution in [0.1, 0.15) is 20.8 Å². The monoisotopic (exact) mass is 561 g/mol. The summed E-state index contributed by atoms with van der Waals surface area (Å²) in [6.45, 7) is 5.85. The molecule has 0 saturated heterocycles. The van der Waals surface area contributed by atoms with E-state index in [1.165, 1.54) is 15.9 Å². The molecule has 3 aromatic carbocycles. The van der Waals surface area contributed by atoms with Gasteiger partial charge in [0.05, 0.1) is 0 Å². The molecule has 0 bridgehead atoms. The number of thioether (sulfide) groups is 1. The minimum atomic E-state index is -2.30. The number of hydrogen-bond acceptors (Lipinski definition) is 2. The van der Waals surface area contributed by atoms with Crippen LogP contribution in [-0.2, 0) is 4.79 Å². The summed E-state index contributed by atoms with van der Waals surface area (Å²) >= 11 is 1.62. The van der Waals surface area contributed by atoms with Crippen molar-refractivity contribution in [3.05, 3.63) is 102 Å². The lowest BCUT2D eigenvalue weighted by molar-refractivity contribution is -0.127. The molecule has 1 amide bonds. The van der Waals surface area contributed by atoms with Crippen LogP contribution in [0.25, 0.3) is 0 Å². The van der Waals surface area contributed by atoms with Crippen LogP contribution in [0.3, 0.4) is 0 Å². The van der Waals surface area contributed by atoms with Crippen molar-refractivity contribution in [3.63, 3.8) is 0 Å². The van der Waals surface area contributed by atoms with Gasteiger partial charge in [-0.1, -0.05) is 75.4 Å². The maximum absolute atomic E-state index is 13.1. The van der Waals surface area contributed by atoms with Gasteiger partial charge in [0.15, 0.2) is 12.7 Å². The second-order valence-electron chi connectivity index (χ2n) is 8.12. The molecule has 0 aliphatic carbocycles. The molecule has 0 spiro atoms. The van der Waals surface area contributed by atoms with E-state index in [9.17, 15) is 4.79 Å². The number of halogens is 1. The lowest BCUT2D eigenvalue weighted by atomic mass is 9.96. The van der Waals surface area contributed by atoms with Gasteiger partial charge < -0.3 is 24.0 Å². The quantitative estimate of drug-likeness (QED) is 0.370. The first kappa shape index (κ1) is 25.6. The van der Waals surface area contributed by atoms with Crippen molar-refractivity contribution in [2.45, 2.75) is 20.8 Å². The summed E-state index contributed by atoms with van der Waals surface area (Å²) in [4.78, 5) is 13.1. The van der Waals surface area contributed by atoms with Crippen LogP contribution in [0.15, 0.2) is 102 Å². The molecule has 0 saturated carbocycles. The molecular weight excluding hydrogens is 532 g/mol. The first-order chi connectivity index (χ1) is 14.4. The van der Waals surface area contributed by atoms with Crippen LogP contribution >= 0.6 is 19.0 Å². The van der Waals surface area contributed by atoms with E-state index in [-0.39, 0.29) is 29.9 Å². The van der Waals surface area contributed by atoms with Gasteiger partial charge in [-0.2, -0.15) is 0 Å². The standard InChI is InChI=1S/C26H28NOPS.HI/c1-26(2,3)25(28)27-24(20-30-4)29(21-14-8-5-9-15-21,22-16-10-6-11-17-22)23-18-12-7-13-19-23;/h5-20H,1-4H3;1H. The molecule has 0 aromatic heterocycles. The highest BCUT2D eigenvalue weighted by Crippen LogP contribution is 2.61. The SMILES string of the molecule is CSC=C(NC(=O)C(C)(C)C)[P+](c1ccccc1)(c1ccccc1)c1ccccc1.[I-]. The zero-order valence-electron chi connectivity index (χ0n) is 18.4. The Morgan fingerprint density at radius 3 is 1.42 bits per heavy atom. The molecule has 162 valence electrons. The first-order valence-corrected chi connectivity index (χ1v) is 13.1. The van der Waals surface area contributed by atoms with E-state index in [0.717, 1.165) is 5.44 Å². The van der Waals surface area contributed by atoms with E-state index in [2.05, 4.69) is 83.5 Å². The molecule has 0 radical (unpaired) electrons. The minimum Gasteiger partial charge on any atom is -1.00 e. The highest BCUT2D eigenvalue weighted by molar-refractivity contribution is 8.03. The summed E-state index contributed by atoms with van der Waals surface area (Å²) in [7, 11) is -2.30. The maximum Gasteiger partial charge on any atom is 0.232 e. The Morgan fingerprint density at radius 2 is 1.13 bits per heavy atom. The second-order valence-corrected chi connectivity index (χ2v) is 12.2. The molecule has 1 N–H and O–H groups in total. The van der Waals surface area contributed by atoms with Crippen molar-refractivity contribution in [2.24, 2.45) is 5.41 Å². The smallest absolute Gasteiger partial charge is 0.232 e. The zero-order chi connectivity index (χ0) is 21.6. The fourth-order valence-electron chi connectivity index (χ4n) is 3.43. The van der Waals surface area contributed by atoms with Crippen molar-refractivity contribution in [2.75, 3.05) is 6.26 Å². The van der Waals surface area contributed by atoms with Crippen molar-refractivity contribution in [1.29, 1.82) is 0 Å². The number of carbonyl (C=O) groups is 1. The third-order valence-electron chi connectivity index (χ3n) is 4.94. The number of rotatable bonds is 6. The van der Waals surface area contributed by atoms with Crippen LogP contribution in [0, 0.1) is 5.41 Å². The van der Waals surface area contributed by atoms with Crippen LogP contribution in [-0.4, -0.2) is 12.2 Å². The average molecular weight is 561 g/mol. The van der Waals surface area contributed by atoms with Crippen molar-refractivity contribution >= 4 is 40.8 Å². The summed E-state index contributed by atoms with van der Waals surface area (Å²) in [5, 5.41) is 9.12. The second kappa shape index (κ2) is 11.3. The number of nitrogens with one attached hydrogen (secondary N) is 1. The molecule has 2 nitrogen and oxygen atoms in total. The molecule has 0 unspecified atom stereocenters. The van der Waals surface area contributed by atoms with Crippen molar-refractivity contribution in [3.8, 4) is 0 Å². The predicted octanol–water partition coefficient (Wildman–Crippen LogP) is 2.31. The fourth-order valence-corrected chi connectivity index (χ4v) is 8.51. The lowest BCUT2D eigenvalue weighted by Gasteiger charge is -2.30.